The van der Waals surface area contributed by atoms with Crippen LogP contribution in [0.4, 0.5) is 8.78 Å². The minimum absolute atomic E-state index is 0.0264. The number of alkyl halides is 2. The van der Waals surface area contributed by atoms with E-state index in [2.05, 4.69) is 30.9 Å². The van der Waals surface area contributed by atoms with Gasteiger partial charge < -0.3 is 5.73 Å². The van der Waals surface area contributed by atoms with Gasteiger partial charge in [0, 0.05) is 20.9 Å². The molecule has 0 aromatic carbocycles. The molecular weight excluding hydrogens is 350 g/mol. The van der Waals surface area contributed by atoms with Crippen molar-refractivity contribution in [2.75, 3.05) is 0 Å². The Bertz CT molecular complexity index is 715. The molecule has 1 aliphatic heterocycles. The molecule has 0 bridgehead atoms. The van der Waals surface area contributed by atoms with E-state index in [1.807, 2.05) is 0 Å². The van der Waals surface area contributed by atoms with Gasteiger partial charge in [-0.15, -0.1) is 11.3 Å². The lowest BCUT2D eigenvalue weighted by atomic mass is 9.85. The molecule has 2 aromatic rings. The fourth-order valence-electron chi connectivity index (χ4n) is 2.15. The van der Waals surface area contributed by atoms with E-state index in [1.165, 1.54) is 24.5 Å². The number of halogens is 3. The van der Waals surface area contributed by atoms with Crippen LogP contribution >= 0.6 is 27.3 Å². The molecule has 4 nitrogen and oxygen atoms in total. The summed E-state index contributed by atoms with van der Waals surface area (Å²) in [6.45, 7) is 1.36. The Labute approximate surface area is 125 Å². The highest BCUT2D eigenvalue weighted by Gasteiger charge is 2.58. The maximum absolute atomic E-state index is 14.9. The van der Waals surface area contributed by atoms with Gasteiger partial charge in [0.25, 0.3) is 0 Å². The standard InChI is InChI=1S/C12H9BrF2N4S/c1-11(8-2-6(13)4-20-8)12(14,15)9-7(10(16)19-11)3-17-5-18-9/h2-5H,1H3,(H2,16,19)/t11-/m1/s1. The van der Waals surface area contributed by atoms with Crippen molar-refractivity contribution < 1.29 is 8.78 Å². The number of hydrogen-bond acceptors (Lipinski definition) is 5. The molecule has 0 unspecified atom stereocenters. The second kappa shape index (κ2) is 4.29. The van der Waals surface area contributed by atoms with Crippen LogP contribution in [0.25, 0.3) is 0 Å². The van der Waals surface area contributed by atoms with Crippen LogP contribution in [0.15, 0.2) is 33.4 Å². The van der Waals surface area contributed by atoms with Gasteiger partial charge in [-0.2, -0.15) is 8.78 Å². The van der Waals surface area contributed by atoms with Crippen LogP contribution in [0.5, 0.6) is 0 Å². The molecule has 3 heterocycles. The maximum atomic E-state index is 14.9. The third-order valence-corrected chi connectivity index (χ3v) is 5.19. The normalized spacial score (nSPS) is 24.1. The minimum Gasteiger partial charge on any atom is -0.383 e. The first-order valence-electron chi connectivity index (χ1n) is 5.65. The molecule has 3 rings (SSSR count). The molecule has 20 heavy (non-hydrogen) atoms. The van der Waals surface area contributed by atoms with E-state index >= 15 is 0 Å². The summed E-state index contributed by atoms with van der Waals surface area (Å²) in [7, 11) is 0. The zero-order valence-corrected chi connectivity index (χ0v) is 12.7. The Hall–Kier alpha value is -1.41. The largest absolute Gasteiger partial charge is 0.383 e. The molecule has 1 atom stereocenters. The predicted molar refractivity (Wildman–Crippen MR) is 76.0 cm³/mol. The summed E-state index contributed by atoms with van der Waals surface area (Å²) in [6, 6.07) is 1.63. The summed E-state index contributed by atoms with van der Waals surface area (Å²) in [6.07, 6.45) is 2.36. The van der Waals surface area contributed by atoms with Crippen molar-refractivity contribution >= 4 is 33.1 Å². The van der Waals surface area contributed by atoms with Crippen molar-refractivity contribution in [3.63, 3.8) is 0 Å². The van der Waals surface area contributed by atoms with Crippen molar-refractivity contribution in [1.29, 1.82) is 0 Å². The van der Waals surface area contributed by atoms with E-state index < -0.39 is 11.5 Å². The average Bonchev–Trinajstić information content (AvgIpc) is 2.84. The highest BCUT2D eigenvalue weighted by atomic mass is 79.9. The Morgan fingerprint density at radius 2 is 2.15 bits per heavy atom. The van der Waals surface area contributed by atoms with Gasteiger partial charge in [-0.1, -0.05) is 0 Å². The van der Waals surface area contributed by atoms with Gasteiger partial charge in [-0.25, -0.2) is 15.0 Å². The van der Waals surface area contributed by atoms with Crippen molar-refractivity contribution in [2.24, 2.45) is 10.7 Å². The van der Waals surface area contributed by atoms with Crippen molar-refractivity contribution in [3.05, 3.63) is 44.6 Å². The molecule has 8 heteroatoms. The van der Waals surface area contributed by atoms with Crippen LogP contribution in [0.2, 0.25) is 0 Å². The van der Waals surface area contributed by atoms with Crippen LogP contribution < -0.4 is 5.73 Å². The molecule has 2 aromatic heterocycles. The third-order valence-electron chi connectivity index (χ3n) is 3.29. The number of nitrogens with two attached hydrogens (primary N) is 1. The highest BCUT2D eigenvalue weighted by molar-refractivity contribution is 9.10. The van der Waals surface area contributed by atoms with Gasteiger partial charge >= 0.3 is 5.92 Å². The number of fused-ring (bicyclic) bond motifs is 1. The van der Waals surface area contributed by atoms with Crippen molar-refractivity contribution in [1.82, 2.24) is 9.97 Å². The van der Waals surface area contributed by atoms with Gasteiger partial charge in [-0.3, -0.25) is 0 Å². The number of thiophene rings is 1. The maximum Gasteiger partial charge on any atom is 0.319 e. The lowest BCUT2D eigenvalue weighted by Gasteiger charge is -2.37. The van der Waals surface area contributed by atoms with Gasteiger partial charge in [-0.05, 0) is 28.9 Å². The summed E-state index contributed by atoms with van der Waals surface area (Å²) < 4.78 is 30.4. The van der Waals surface area contributed by atoms with E-state index in [0.29, 0.717) is 4.88 Å². The topological polar surface area (TPSA) is 64.2 Å². The number of aromatic nitrogens is 2. The fraction of sp³-hybridized carbons (Fsp3) is 0.250. The molecule has 2 N–H and O–H groups in total. The molecule has 0 aliphatic carbocycles. The zero-order valence-electron chi connectivity index (χ0n) is 10.3. The Morgan fingerprint density at radius 3 is 2.80 bits per heavy atom. The summed E-state index contributed by atoms with van der Waals surface area (Å²) in [5.41, 5.74) is 3.75. The summed E-state index contributed by atoms with van der Waals surface area (Å²) in [5, 5.41) is 1.73. The number of hydrogen-bond donors (Lipinski definition) is 1. The van der Waals surface area contributed by atoms with Crippen LogP contribution in [-0.4, -0.2) is 15.8 Å². The van der Waals surface area contributed by atoms with E-state index in [-0.39, 0.29) is 17.1 Å². The van der Waals surface area contributed by atoms with Gasteiger partial charge in [0.05, 0.1) is 5.56 Å². The quantitative estimate of drug-likeness (QED) is 0.851. The first kappa shape index (κ1) is 13.6. The zero-order chi connectivity index (χ0) is 14.5. The smallest absolute Gasteiger partial charge is 0.319 e. The van der Waals surface area contributed by atoms with E-state index in [9.17, 15) is 8.78 Å². The molecule has 0 fully saturated rings. The summed E-state index contributed by atoms with van der Waals surface area (Å²) in [4.78, 5) is 11.9. The van der Waals surface area contributed by atoms with E-state index in [4.69, 9.17) is 5.73 Å². The third kappa shape index (κ3) is 1.71. The number of nitrogens with zero attached hydrogens (tertiary/aromatic N) is 3. The number of aliphatic imine (C=N–C) groups is 1. The summed E-state index contributed by atoms with van der Waals surface area (Å²) >= 11 is 4.47. The average molecular weight is 359 g/mol. The Kier molecular flexibility index (Phi) is 2.91. The molecular formula is C12H9BrF2N4S. The lowest BCUT2D eigenvalue weighted by Crippen LogP contribution is -2.46. The summed E-state index contributed by atoms with van der Waals surface area (Å²) in [5.74, 6) is -3.24. The van der Waals surface area contributed by atoms with Crippen molar-refractivity contribution in [2.45, 2.75) is 18.4 Å². The van der Waals surface area contributed by atoms with Crippen LogP contribution in [0.1, 0.15) is 23.1 Å². The Balaban J connectivity index is 2.27. The molecule has 0 amide bonds. The molecule has 0 spiro atoms. The molecule has 0 radical (unpaired) electrons. The van der Waals surface area contributed by atoms with Crippen LogP contribution in [0.3, 0.4) is 0 Å². The second-order valence-electron chi connectivity index (χ2n) is 4.56. The predicted octanol–water partition coefficient (Wildman–Crippen LogP) is 3.03. The molecule has 0 saturated heterocycles. The number of rotatable bonds is 1. The van der Waals surface area contributed by atoms with Crippen LogP contribution in [-0.2, 0) is 11.5 Å². The monoisotopic (exact) mass is 358 g/mol. The van der Waals surface area contributed by atoms with Gasteiger partial charge in [0.2, 0.25) is 0 Å². The van der Waals surface area contributed by atoms with Gasteiger partial charge in [0.15, 0.2) is 5.54 Å². The molecule has 1 aliphatic rings. The minimum atomic E-state index is -3.27. The number of amidine groups is 1. The highest BCUT2D eigenvalue weighted by Crippen LogP contribution is 2.52. The SMILES string of the molecule is C[C@]1(c2cc(Br)cs2)N=C(N)c2cncnc2C1(F)F. The van der Waals surface area contributed by atoms with E-state index in [1.54, 1.807) is 11.4 Å². The fourth-order valence-corrected chi connectivity index (χ4v) is 3.71. The first-order chi connectivity index (χ1) is 9.36. The van der Waals surface area contributed by atoms with Crippen LogP contribution in [0, 0.1) is 0 Å². The lowest BCUT2D eigenvalue weighted by molar-refractivity contribution is -0.0816. The Morgan fingerprint density at radius 1 is 1.40 bits per heavy atom. The molecule has 104 valence electrons. The second-order valence-corrected chi connectivity index (χ2v) is 6.38. The first-order valence-corrected chi connectivity index (χ1v) is 7.32. The van der Waals surface area contributed by atoms with Gasteiger partial charge in [0.1, 0.15) is 17.9 Å². The van der Waals surface area contributed by atoms with Crippen molar-refractivity contribution in [3.8, 4) is 0 Å². The van der Waals surface area contributed by atoms with E-state index in [0.717, 1.165) is 10.8 Å². The molecule has 0 saturated carbocycles.